The maximum Gasteiger partial charge on any atom is 0.315 e. The second-order valence-electron chi connectivity index (χ2n) is 3.40. The van der Waals surface area contributed by atoms with Gasteiger partial charge in [0.25, 0.3) is 0 Å². The summed E-state index contributed by atoms with van der Waals surface area (Å²) in [6, 6.07) is 9.46. The monoisotopic (exact) mass is 233 g/mol. The Kier molecular flexibility index (Phi) is 6.06. The highest BCUT2D eigenvalue weighted by molar-refractivity contribution is 5.73. The number of hydrogen-bond acceptors (Lipinski definition) is 2. The predicted molar refractivity (Wildman–Crippen MR) is 65.3 cm³/mol. The highest BCUT2D eigenvalue weighted by atomic mass is 16.2. The minimum atomic E-state index is -0.213. The first kappa shape index (κ1) is 12.9. The molecule has 0 heterocycles. The van der Waals surface area contributed by atoms with E-state index < -0.39 is 0 Å². The molecule has 0 radical (unpaired) electrons. The van der Waals surface area contributed by atoms with E-state index in [-0.39, 0.29) is 6.03 Å². The molecule has 0 aliphatic carbocycles. The Bertz CT molecular complexity index is 386. The normalized spacial score (nSPS) is 9.18. The molecule has 1 rings (SSSR count). The van der Waals surface area contributed by atoms with Crippen LogP contribution >= 0.6 is 0 Å². The Morgan fingerprint density at radius 2 is 2.06 bits per heavy atom. The minimum Gasteiger partial charge on any atom is -0.338 e. The lowest BCUT2D eigenvalue weighted by molar-refractivity contribution is 0.240. The lowest BCUT2D eigenvalue weighted by Gasteiger charge is -2.06. The second-order valence-corrected chi connectivity index (χ2v) is 3.40. The number of hydrogen-bond donors (Lipinski definition) is 2. The summed E-state index contributed by atoms with van der Waals surface area (Å²) in [6.45, 7) is 1.40. The molecule has 0 spiro atoms. The average molecular weight is 233 g/mol. The van der Waals surface area contributed by atoms with Crippen LogP contribution in [-0.2, 0) is 6.54 Å². The number of carbonyl (C=O) groups excluding carboxylic acids is 1. The first-order valence-electron chi connectivity index (χ1n) is 5.39. The van der Waals surface area contributed by atoms with Gasteiger partial charge in [-0.3, -0.25) is 0 Å². The van der Waals surface area contributed by atoms with Crippen molar-refractivity contribution in [3.05, 3.63) is 46.3 Å². The van der Waals surface area contributed by atoms with Crippen molar-refractivity contribution in [2.75, 3.05) is 13.1 Å². The van der Waals surface area contributed by atoms with Crippen LogP contribution in [0.4, 0.5) is 4.79 Å². The standard InChI is InChI=1S/C11H15N5O/c12-16-15-8-4-7-13-11(17)14-9-10-5-2-1-3-6-10/h1-3,5-6H,4,7-9H2,(H2,13,14,17). The molecule has 0 aromatic heterocycles. The van der Waals surface area contributed by atoms with Gasteiger partial charge in [-0.05, 0) is 17.5 Å². The van der Waals surface area contributed by atoms with Crippen LogP contribution in [0.2, 0.25) is 0 Å². The number of benzene rings is 1. The Balaban J connectivity index is 2.11. The highest BCUT2D eigenvalue weighted by Gasteiger charge is 1.98. The molecule has 0 saturated heterocycles. The second kappa shape index (κ2) is 8.01. The van der Waals surface area contributed by atoms with Gasteiger partial charge in [0.1, 0.15) is 0 Å². The molecule has 0 fully saturated rings. The molecule has 0 saturated carbocycles. The Hall–Kier alpha value is -2.20. The van der Waals surface area contributed by atoms with E-state index in [0.29, 0.717) is 26.1 Å². The molecule has 0 aliphatic rings. The third-order valence-electron chi connectivity index (χ3n) is 2.08. The van der Waals surface area contributed by atoms with Gasteiger partial charge in [0.15, 0.2) is 0 Å². The van der Waals surface area contributed by atoms with Crippen LogP contribution in [0.15, 0.2) is 35.4 Å². The van der Waals surface area contributed by atoms with E-state index in [1.165, 1.54) is 0 Å². The van der Waals surface area contributed by atoms with Crippen LogP contribution in [0, 0.1) is 0 Å². The third kappa shape index (κ3) is 6.06. The molecule has 17 heavy (non-hydrogen) atoms. The van der Waals surface area contributed by atoms with E-state index in [9.17, 15) is 4.79 Å². The number of carbonyl (C=O) groups is 1. The van der Waals surface area contributed by atoms with E-state index in [1.807, 2.05) is 30.3 Å². The number of nitrogens with one attached hydrogen (secondary N) is 2. The molecule has 6 nitrogen and oxygen atoms in total. The SMILES string of the molecule is [N-]=[N+]=NCCCNC(=O)NCc1ccccc1. The molecule has 0 unspecified atom stereocenters. The fraction of sp³-hybridized carbons (Fsp3) is 0.364. The predicted octanol–water partition coefficient (Wildman–Crippen LogP) is 2.19. The molecule has 0 atom stereocenters. The van der Waals surface area contributed by atoms with Crippen LogP contribution in [0.5, 0.6) is 0 Å². The van der Waals surface area contributed by atoms with Crippen molar-refractivity contribution in [2.45, 2.75) is 13.0 Å². The van der Waals surface area contributed by atoms with E-state index in [0.717, 1.165) is 5.56 Å². The lowest BCUT2D eigenvalue weighted by atomic mass is 10.2. The van der Waals surface area contributed by atoms with Gasteiger partial charge in [-0.15, -0.1) is 0 Å². The van der Waals surface area contributed by atoms with Crippen LogP contribution in [0.25, 0.3) is 10.4 Å². The zero-order valence-corrected chi connectivity index (χ0v) is 9.47. The van der Waals surface area contributed by atoms with Crippen molar-refractivity contribution >= 4 is 6.03 Å². The zero-order valence-electron chi connectivity index (χ0n) is 9.47. The summed E-state index contributed by atoms with van der Waals surface area (Å²) in [7, 11) is 0. The first-order valence-corrected chi connectivity index (χ1v) is 5.39. The molecule has 1 aromatic carbocycles. The molecule has 0 aliphatic heterocycles. The van der Waals surface area contributed by atoms with Crippen molar-refractivity contribution in [2.24, 2.45) is 5.11 Å². The van der Waals surface area contributed by atoms with E-state index >= 15 is 0 Å². The van der Waals surface area contributed by atoms with Gasteiger partial charge in [-0.2, -0.15) is 0 Å². The summed E-state index contributed by atoms with van der Waals surface area (Å²) >= 11 is 0. The van der Waals surface area contributed by atoms with E-state index in [2.05, 4.69) is 20.7 Å². The maximum atomic E-state index is 11.3. The number of nitrogens with zero attached hydrogens (tertiary/aromatic N) is 3. The molecular formula is C11H15N5O. The maximum absolute atomic E-state index is 11.3. The average Bonchev–Trinajstić information content (AvgIpc) is 2.37. The smallest absolute Gasteiger partial charge is 0.315 e. The summed E-state index contributed by atoms with van der Waals surface area (Å²) in [4.78, 5) is 13.9. The largest absolute Gasteiger partial charge is 0.338 e. The van der Waals surface area contributed by atoms with Crippen LogP contribution in [0.1, 0.15) is 12.0 Å². The van der Waals surface area contributed by atoms with Gasteiger partial charge in [-0.1, -0.05) is 35.4 Å². The molecule has 6 heteroatoms. The fourth-order valence-corrected chi connectivity index (χ4v) is 1.24. The minimum absolute atomic E-state index is 0.213. The van der Waals surface area contributed by atoms with Gasteiger partial charge in [0, 0.05) is 24.5 Å². The van der Waals surface area contributed by atoms with Gasteiger partial charge in [0.2, 0.25) is 0 Å². The quantitative estimate of drug-likeness (QED) is 0.335. The summed E-state index contributed by atoms with van der Waals surface area (Å²) in [5, 5.41) is 8.79. The van der Waals surface area contributed by atoms with Crippen molar-refractivity contribution in [3.8, 4) is 0 Å². The first-order chi connectivity index (χ1) is 8.33. The summed E-state index contributed by atoms with van der Waals surface area (Å²) in [5.74, 6) is 0. The van der Waals surface area contributed by atoms with Crippen LogP contribution in [-0.4, -0.2) is 19.1 Å². The molecule has 2 amide bonds. The van der Waals surface area contributed by atoms with Gasteiger partial charge < -0.3 is 10.6 Å². The molecule has 0 bridgehead atoms. The Labute approximate surface area is 99.7 Å². The fourth-order valence-electron chi connectivity index (χ4n) is 1.24. The van der Waals surface area contributed by atoms with Crippen LogP contribution in [0.3, 0.4) is 0 Å². The van der Waals surface area contributed by atoms with E-state index in [1.54, 1.807) is 0 Å². The number of amides is 2. The van der Waals surface area contributed by atoms with Gasteiger partial charge in [0.05, 0.1) is 0 Å². The van der Waals surface area contributed by atoms with Crippen LogP contribution < -0.4 is 10.6 Å². The molecule has 1 aromatic rings. The summed E-state index contributed by atoms with van der Waals surface area (Å²) in [6.07, 6.45) is 0.642. The van der Waals surface area contributed by atoms with Crippen molar-refractivity contribution in [1.82, 2.24) is 10.6 Å². The molecule has 2 N–H and O–H groups in total. The Morgan fingerprint density at radius 3 is 2.76 bits per heavy atom. The van der Waals surface area contributed by atoms with Crippen molar-refractivity contribution in [3.63, 3.8) is 0 Å². The summed E-state index contributed by atoms with van der Waals surface area (Å²) in [5.41, 5.74) is 9.10. The number of rotatable bonds is 6. The zero-order chi connectivity index (χ0) is 12.3. The van der Waals surface area contributed by atoms with Crippen molar-refractivity contribution < 1.29 is 4.79 Å². The third-order valence-corrected chi connectivity index (χ3v) is 2.08. The van der Waals surface area contributed by atoms with Gasteiger partial charge in [-0.25, -0.2) is 4.79 Å². The lowest BCUT2D eigenvalue weighted by Crippen LogP contribution is -2.35. The molecule has 90 valence electrons. The number of urea groups is 1. The number of azide groups is 1. The van der Waals surface area contributed by atoms with Gasteiger partial charge >= 0.3 is 6.03 Å². The molecular weight excluding hydrogens is 218 g/mol. The Morgan fingerprint density at radius 1 is 1.29 bits per heavy atom. The highest BCUT2D eigenvalue weighted by Crippen LogP contribution is 1.96. The summed E-state index contributed by atoms with van der Waals surface area (Å²) < 4.78 is 0. The van der Waals surface area contributed by atoms with E-state index in [4.69, 9.17) is 5.53 Å². The topological polar surface area (TPSA) is 89.9 Å². The van der Waals surface area contributed by atoms with Crippen molar-refractivity contribution in [1.29, 1.82) is 0 Å².